The maximum absolute atomic E-state index is 14.9. The van der Waals surface area contributed by atoms with Gasteiger partial charge in [-0.2, -0.15) is 0 Å². The van der Waals surface area contributed by atoms with Crippen molar-refractivity contribution in [3.63, 3.8) is 0 Å². The van der Waals surface area contributed by atoms with E-state index in [2.05, 4.69) is 38.4 Å². The lowest BCUT2D eigenvalue weighted by molar-refractivity contribution is -0.186. The molecule has 0 aromatic carbocycles. The van der Waals surface area contributed by atoms with Crippen LogP contribution in [0.3, 0.4) is 0 Å². The molecule has 0 radical (unpaired) electrons. The summed E-state index contributed by atoms with van der Waals surface area (Å²) in [7, 11) is 0. The summed E-state index contributed by atoms with van der Waals surface area (Å²) in [5.74, 6) is -0.932. The lowest BCUT2D eigenvalue weighted by Crippen LogP contribution is -2.83. The molecule has 0 bridgehead atoms. The van der Waals surface area contributed by atoms with Crippen LogP contribution >= 0.6 is 0 Å². The second-order valence-electron chi connectivity index (χ2n) is 15.1. The highest BCUT2D eigenvalue weighted by molar-refractivity contribution is 6.38. The number of hydrogen-bond donors (Lipinski definition) is 3. The molecule has 270 valence electrons. The minimum atomic E-state index is -1.18. The first-order chi connectivity index (χ1) is 23.7. The molecular formula is C37H51N7O6. The van der Waals surface area contributed by atoms with Gasteiger partial charge in [-0.1, -0.05) is 60.0 Å². The third-order valence-electron chi connectivity index (χ3n) is 10.3. The van der Waals surface area contributed by atoms with Crippen LogP contribution in [-0.2, 0) is 24.0 Å². The largest absolute Gasteiger partial charge is 0.346 e. The molecule has 3 N–H and O–H groups in total. The number of aromatic nitrogens is 2. The van der Waals surface area contributed by atoms with E-state index in [9.17, 15) is 28.8 Å². The van der Waals surface area contributed by atoms with Crippen LogP contribution < -0.4 is 16.0 Å². The molecule has 1 spiro atoms. The van der Waals surface area contributed by atoms with Gasteiger partial charge in [0.05, 0.1) is 17.8 Å². The van der Waals surface area contributed by atoms with E-state index in [1.54, 1.807) is 9.80 Å². The van der Waals surface area contributed by atoms with Crippen LogP contribution in [0.4, 0.5) is 0 Å². The number of amides is 5. The molecule has 50 heavy (non-hydrogen) atoms. The van der Waals surface area contributed by atoms with Crippen molar-refractivity contribution in [3.05, 3.63) is 36.9 Å². The molecule has 1 saturated carbocycles. The highest BCUT2D eigenvalue weighted by Gasteiger charge is 2.65. The number of rotatable bonds is 13. The molecule has 13 nitrogen and oxygen atoms in total. The number of Topliss-reactive ketones (excluding diaryl/α,β-unsaturated/α-hetero) is 1. The second-order valence-corrected chi connectivity index (χ2v) is 15.1. The topological polar surface area (TPSA) is 171 Å². The minimum absolute atomic E-state index is 0.0270. The predicted octanol–water partition coefficient (Wildman–Crippen LogP) is 2.18. The first-order valence-electron chi connectivity index (χ1n) is 17.5. The first-order valence-corrected chi connectivity index (χ1v) is 17.5. The maximum Gasteiger partial charge on any atom is 0.289 e. The van der Waals surface area contributed by atoms with E-state index in [4.69, 9.17) is 6.42 Å². The Hall–Kier alpha value is -4.60. The molecule has 1 unspecified atom stereocenters. The smallest absolute Gasteiger partial charge is 0.289 e. The van der Waals surface area contributed by atoms with Gasteiger partial charge in [0.1, 0.15) is 23.8 Å². The van der Waals surface area contributed by atoms with E-state index in [0.717, 1.165) is 19.3 Å². The quantitative estimate of drug-likeness (QED) is 0.123. The van der Waals surface area contributed by atoms with Crippen LogP contribution in [0, 0.1) is 29.6 Å². The fourth-order valence-electron chi connectivity index (χ4n) is 7.60. The third-order valence-corrected chi connectivity index (χ3v) is 10.3. The van der Waals surface area contributed by atoms with Crippen molar-refractivity contribution in [1.82, 2.24) is 35.7 Å². The molecule has 5 atom stereocenters. The van der Waals surface area contributed by atoms with Crippen molar-refractivity contribution >= 4 is 35.3 Å². The number of ketones is 1. The van der Waals surface area contributed by atoms with Gasteiger partial charge in [-0.05, 0) is 42.9 Å². The zero-order valence-corrected chi connectivity index (χ0v) is 29.9. The highest BCUT2D eigenvalue weighted by atomic mass is 16.2. The summed E-state index contributed by atoms with van der Waals surface area (Å²) in [6, 6.07) is -3.91. The third kappa shape index (κ3) is 7.90. The number of likely N-dealkylation sites (tertiary alicyclic amines) is 2. The number of hydrogen-bond acceptors (Lipinski definition) is 8. The predicted molar refractivity (Wildman–Crippen MR) is 186 cm³/mol. The number of nitrogens with zero attached hydrogens (tertiary/aromatic N) is 4. The van der Waals surface area contributed by atoms with Crippen molar-refractivity contribution in [2.45, 2.75) is 116 Å². The van der Waals surface area contributed by atoms with Crippen LogP contribution in [0.15, 0.2) is 31.2 Å². The summed E-state index contributed by atoms with van der Waals surface area (Å²) in [6.07, 6.45) is 15.5. The fourth-order valence-corrected chi connectivity index (χ4v) is 7.60. The van der Waals surface area contributed by atoms with Crippen molar-refractivity contribution < 1.29 is 28.8 Å². The SMILES string of the molecule is C#CCCC(NC(=O)[C@@H]1C[C@@H](C(C)C)CN1C(=O)[C@@H](N1C(=O)[C@@H](NC(=O)c2cnccn2)C12CCCCC2)C(C)(C)C)C(=O)C(=O)NCC=C. The van der Waals surface area contributed by atoms with Crippen molar-refractivity contribution in [2.24, 2.45) is 17.3 Å². The van der Waals surface area contributed by atoms with Crippen molar-refractivity contribution in [3.8, 4) is 12.3 Å². The van der Waals surface area contributed by atoms with Crippen LogP contribution in [0.1, 0.15) is 96.5 Å². The molecule has 1 aromatic heterocycles. The average Bonchev–Trinajstić information content (AvgIpc) is 3.56. The molecule has 3 aliphatic rings. The zero-order chi connectivity index (χ0) is 36.8. The number of carbonyl (C=O) groups is 6. The van der Waals surface area contributed by atoms with Gasteiger partial charge in [0.25, 0.3) is 11.8 Å². The van der Waals surface area contributed by atoms with E-state index in [0.29, 0.717) is 19.3 Å². The number of β-lactam (4-membered cyclic amide) rings is 1. The Bertz CT molecular complexity index is 1510. The number of carbonyl (C=O) groups excluding carboxylic acids is 6. The Labute approximate surface area is 294 Å². The van der Waals surface area contributed by atoms with Crippen LogP contribution in [0.5, 0.6) is 0 Å². The summed E-state index contributed by atoms with van der Waals surface area (Å²) < 4.78 is 0. The van der Waals surface area contributed by atoms with Gasteiger partial charge in [-0.25, -0.2) is 4.98 Å². The Balaban J connectivity index is 1.65. The number of nitrogens with one attached hydrogen (secondary N) is 3. The second kappa shape index (κ2) is 16.0. The summed E-state index contributed by atoms with van der Waals surface area (Å²) in [5.41, 5.74) is -1.44. The molecule has 3 heterocycles. The minimum Gasteiger partial charge on any atom is -0.346 e. The normalized spacial score (nSPS) is 22.6. The van der Waals surface area contributed by atoms with Gasteiger partial charge in [-0.15, -0.1) is 18.9 Å². The van der Waals surface area contributed by atoms with Gasteiger partial charge in [0.2, 0.25) is 23.5 Å². The molecular weight excluding hydrogens is 638 g/mol. The van der Waals surface area contributed by atoms with Gasteiger partial charge < -0.3 is 25.8 Å². The first kappa shape index (κ1) is 38.2. The average molecular weight is 690 g/mol. The monoisotopic (exact) mass is 689 g/mol. The van der Waals surface area contributed by atoms with E-state index in [1.807, 2.05) is 34.6 Å². The molecule has 13 heteroatoms. The van der Waals surface area contributed by atoms with E-state index in [1.165, 1.54) is 24.7 Å². The van der Waals surface area contributed by atoms with Crippen molar-refractivity contribution in [1.29, 1.82) is 0 Å². The van der Waals surface area contributed by atoms with Gasteiger partial charge >= 0.3 is 0 Å². The summed E-state index contributed by atoms with van der Waals surface area (Å²) in [4.78, 5) is 93.2. The molecule has 3 fully saturated rings. The molecule has 5 amide bonds. The van der Waals surface area contributed by atoms with Gasteiger partial charge in [0, 0.05) is 31.9 Å². The maximum atomic E-state index is 14.9. The molecule has 2 saturated heterocycles. The highest BCUT2D eigenvalue weighted by Crippen LogP contribution is 2.49. The zero-order valence-electron chi connectivity index (χ0n) is 29.9. The Kier molecular flexibility index (Phi) is 12.2. The van der Waals surface area contributed by atoms with E-state index in [-0.39, 0.29) is 55.3 Å². The fraction of sp³-hybridized carbons (Fsp3) is 0.622. The van der Waals surface area contributed by atoms with Crippen LogP contribution in [-0.4, -0.2) is 97.9 Å². The van der Waals surface area contributed by atoms with Gasteiger partial charge in [0.15, 0.2) is 0 Å². The molecule has 1 aliphatic carbocycles. The Morgan fingerprint density at radius 3 is 2.42 bits per heavy atom. The van der Waals surface area contributed by atoms with E-state index >= 15 is 0 Å². The van der Waals surface area contributed by atoms with Crippen molar-refractivity contribution in [2.75, 3.05) is 13.1 Å². The Morgan fingerprint density at radius 1 is 1.14 bits per heavy atom. The molecule has 1 aromatic rings. The lowest BCUT2D eigenvalue weighted by atomic mass is 9.65. The Morgan fingerprint density at radius 2 is 1.84 bits per heavy atom. The molecule has 4 rings (SSSR count). The number of terminal acetylenes is 1. The molecule has 2 aliphatic heterocycles. The lowest BCUT2D eigenvalue weighted by Gasteiger charge is -2.63. The van der Waals surface area contributed by atoms with E-state index < -0.39 is 58.6 Å². The standard InChI is InChI=1S/C37H51N7O6/c1-8-10-14-25(28(45)33(48)40-17-9-2)41-32(47)27-20-24(23(3)4)22-43(27)35(50)30(36(5,6)7)44-34(49)29(37(44)15-12-11-13-16-37)42-31(46)26-21-38-18-19-39-26/h1,9,18-19,21,23-25,27,29-30H,2,10-17,20,22H2,3-7H3,(H,40,48)(H,41,47)(H,42,46)/t24-,25?,27+,29-,30-/m1/s1. The van der Waals surface area contributed by atoms with Crippen LogP contribution in [0.25, 0.3) is 0 Å². The summed E-state index contributed by atoms with van der Waals surface area (Å²) in [6.45, 7) is 13.6. The van der Waals surface area contributed by atoms with Crippen LogP contribution in [0.2, 0.25) is 0 Å². The van der Waals surface area contributed by atoms with Gasteiger partial charge in [-0.3, -0.25) is 33.8 Å². The summed E-state index contributed by atoms with van der Waals surface area (Å²) in [5, 5.41) is 8.09. The summed E-state index contributed by atoms with van der Waals surface area (Å²) >= 11 is 0.